The van der Waals surface area contributed by atoms with Gasteiger partial charge in [-0.15, -0.1) is 0 Å². The van der Waals surface area contributed by atoms with Crippen molar-refractivity contribution in [2.24, 2.45) is 0 Å². The molecule has 154 valence electrons. The summed E-state index contributed by atoms with van der Waals surface area (Å²) < 4.78 is 0. The third-order valence-electron chi connectivity index (χ3n) is 5.97. The molecule has 4 rings (SSSR count). The number of likely N-dealkylation sites (tertiary alicyclic amines) is 1. The summed E-state index contributed by atoms with van der Waals surface area (Å²) in [6, 6.07) is 24.5. The summed E-state index contributed by atoms with van der Waals surface area (Å²) in [4.78, 5) is 18.9. The van der Waals surface area contributed by atoms with Gasteiger partial charge in [-0.1, -0.05) is 60.7 Å². The van der Waals surface area contributed by atoms with Crippen molar-refractivity contribution < 1.29 is 9.90 Å². The lowest BCUT2D eigenvalue weighted by Gasteiger charge is -2.38. The summed E-state index contributed by atoms with van der Waals surface area (Å²) in [5, 5.41) is 10.9. The summed E-state index contributed by atoms with van der Waals surface area (Å²) in [6.07, 6.45) is 4.74. The van der Waals surface area contributed by atoms with Gasteiger partial charge in [-0.25, -0.2) is 0 Å². The Hall–Kier alpha value is -2.98. The highest BCUT2D eigenvalue weighted by Gasteiger charge is 2.34. The van der Waals surface area contributed by atoms with Crippen LogP contribution in [0.4, 0.5) is 0 Å². The number of amides is 1. The molecule has 1 fully saturated rings. The Bertz CT molecular complexity index is 947. The van der Waals surface area contributed by atoms with Crippen LogP contribution in [-0.4, -0.2) is 39.6 Å². The van der Waals surface area contributed by atoms with E-state index in [9.17, 15) is 9.90 Å². The molecule has 0 saturated carbocycles. The van der Waals surface area contributed by atoms with Crippen LogP contribution in [0.1, 0.15) is 30.5 Å². The highest BCUT2D eigenvalue weighted by atomic mass is 16.3. The largest absolute Gasteiger partial charge is 0.389 e. The Morgan fingerprint density at radius 2 is 1.57 bits per heavy atom. The predicted octanol–water partition coefficient (Wildman–Crippen LogP) is 4.28. The molecule has 30 heavy (non-hydrogen) atoms. The molecule has 1 aromatic heterocycles. The van der Waals surface area contributed by atoms with Crippen LogP contribution in [0.25, 0.3) is 11.1 Å². The maximum absolute atomic E-state index is 12.7. The Morgan fingerprint density at radius 1 is 0.900 bits per heavy atom. The van der Waals surface area contributed by atoms with Gasteiger partial charge in [0.1, 0.15) is 0 Å². The van der Waals surface area contributed by atoms with Gasteiger partial charge in [0, 0.05) is 37.8 Å². The average Bonchev–Trinajstić information content (AvgIpc) is 2.79. The first-order valence-corrected chi connectivity index (χ1v) is 10.7. The zero-order valence-electron chi connectivity index (χ0n) is 17.2. The lowest BCUT2D eigenvalue weighted by Crippen LogP contribution is -2.47. The second-order valence-corrected chi connectivity index (χ2v) is 8.17. The smallest absolute Gasteiger partial charge is 0.222 e. The van der Waals surface area contributed by atoms with Gasteiger partial charge in [-0.2, -0.15) is 0 Å². The van der Waals surface area contributed by atoms with Crippen LogP contribution in [0.15, 0.2) is 79.0 Å². The summed E-state index contributed by atoms with van der Waals surface area (Å²) in [6.45, 7) is 1.21. The Balaban J connectivity index is 1.26. The lowest BCUT2D eigenvalue weighted by molar-refractivity contribution is -0.135. The van der Waals surface area contributed by atoms with Crippen LogP contribution in [-0.2, 0) is 17.6 Å². The number of piperidine rings is 1. The molecule has 3 aromatic rings. The number of aromatic nitrogens is 1. The van der Waals surface area contributed by atoms with Crippen molar-refractivity contribution in [3.05, 3.63) is 90.3 Å². The number of aliphatic hydroxyl groups is 1. The summed E-state index contributed by atoms with van der Waals surface area (Å²) in [7, 11) is 0. The minimum Gasteiger partial charge on any atom is -0.389 e. The van der Waals surface area contributed by atoms with E-state index in [-0.39, 0.29) is 5.91 Å². The normalized spacial score (nSPS) is 15.7. The fraction of sp³-hybridized carbons (Fsp3) is 0.308. The molecule has 4 heteroatoms. The minimum atomic E-state index is -0.765. The molecule has 1 saturated heterocycles. The van der Waals surface area contributed by atoms with Crippen LogP contribution in [0.3, 0.4) is 0 Å². The maximum atomic E-state index is 12.7. The molecule has 0 atom stereocenters. The maximum Gasteiger partial charge on any atom is 0.222 e. The quantitative estimate of drug-likeness (QED) is 0.672. The van der Waals surface area contributed by atoms with E-state index in [0.717, 1.165) is 12.1 Å². The third kappa shape index (κ3) is 5.14. The molecular weight excluding hydrogens is 372 g/mol. The molecule has 1 amide bonds. The van der Waals surface area contributed by atoms with Gasteiger partial charge in [0.05, 0.1) is 5.60 Å². The number of nitrogens with zero attached hydrogens (tertiary/aromatic N) is 2. The lowest BCUT2D eigenvalue weighted by atomic mass is 9.86. The molecule has 0 unspecified atom stereocenters. The van der Waals surface area contributed by atoms with Crippen molar-refractivity contribution >= 4 is 5.91 Å². The fourth-order valence-electron chi connectivity index (χ4n) is 4.09. The number of carbonyl (C=O) groups is 1. The predicted molar refractivity (Wildman–Crippen MR) is 119 cm³/mol. The van der Waals surface area contributed by atoms with Gasteiger partial charge >= 0.3 is 0 Å². The van der Waals surface area contributed by atoms with E-state index >= 15 is 0 Å². The average molecular weight is 401 g/mol. The molecule has 2 aromatic carbocycles. The van der Waals surface area contributed by atoms with Crippen LogP contribution >= 0.6 is 0 Å². The number of benzene rings is 2. The van der Waals surface area contributed by atoms with E-state index in [0.29, 0.717) is 38.8 Å². The summed E-state index contributed by atoms with van der Waals surface area (Å²) in [5.41, 5.74) is 3.70. The van der Waals surface area contributed by atoms with Crippen LogP contribution < -0.4 is 0 Å². The van der Waals surface area contributed by atoms with Crippen molar-refractivity contribution in [2.75, 3.05) is 13.1 Å². The van der Waals surface area contributed by atoms with Gasteiger partial charge in [0.25, 0.3) is 0 Å². The van der Waals surface area contributed by atoms with Gasteiger partial charge in [0.2, 0.25) is 5.91 Å². The van der Waals surface area contributed by atoms with Crippen molar-refractivity contribution in [1.29, 1.82) is 0 Å². The van der Waals surface area contributed by atoms with Gasteiger partial charge in [0.15, 0.2) is 0 Å². The van der Waals surface area contributed by atoms with Crippen molar-refractivity contribution in [3.8, 4) is 11.1 Å². The molecule has 0 spiro atoms. The Labute approximate surface area is 178 Å². The fourth-order valence-corrected chi connectivity index (χ4v) is 4.09. The number of pyridine rings is 1. The first-order chi connectivity index (χ1) is 14.6. The highest BCUT2D eigenvalue weighted by molar-refractivity contribution is 5.76. The number of hydrogen-bond acceptors (Lipinski definition) is 3. The van der Waals surface area contributed by atoms with Crippen LogP contribution in [0.2, 0.25) is 0 Å². The van der Waals surface area contributed by atoms with E-state index in [1.165, 1.54) is 16.7 Å². The summed E-state index contributed by atoms with van der Waals surface area (Å²) in [5.74, 6) is 0.169. The van der Waals surface area contributed by atoms with E-state index < -0.39 is 5.60 Å². The first-order valence-electron chi connectivity index (χ1n) is 10.7. The first kappa shape index (κ1) is 20.3. The molecule has 2 heterocycles. The van der Waals surface area contributed by atoms with Crippen molar-refractivity contribution in [1.82, 2.24) is 9.88 Å². The van der Waals surface area contributed by atoms with Crippen molar-refractivity contribution in [3.63, 3.8) is 0 Å². The molecule has 0 radical (unpaired) electrons. The van der Waals surface area contributed by atoms with E-state index in [2.05, 4.69) is 41.4 Å². The minimum absolute atomic E-state index is 0.169. The number of hydrogen-bond donors (Lipinski definition) is 1. The second-order valence-electron chi connectivity index (χ2n) is 8.17. The molecular formula is C26H28N2O2. The topological polar surface area (TPSA) is 53.4 Å². The zero-order valence-corrected chi connectivity index (χ0v) is 17.2. The standard InChI is InChI=1S/C26H28N2O2/c29-25(14-11-21-9-12-23(13-10-21)22-6-2-1-3-7-22)28-18-15-26(30,16-19-28)20-24-8-4-5-17-27-24/h1-10,12-13,17,30H,11,14-16,18-20H2. The van der Waals surface area contributed by atoms with Gasteiger partial charge in [-0.3, -0.25) is 9.78 Å². The second kappa shape index (κ2) is 9.23. The van der Waals surface area contributed by atoms with Gasteiger partial charge < -0.3 is 10.0 Å². The monoisotopic (exact) mass is 400 g/mol. The third-order valence-corrected chi connectivity index (χ3v) is 5.97. The Kier molecular flexibility index (Phi) is 6.24. The number of rotatable bonds is 6. The van der Waals surface area contributed by atoms with E-state index in [4.69, 9.17) is 0 Å². The number of carbonyl (C=O) groups excluding carboxylic acids is 1. The van der Waals surface area contributed by atoms with E-state index in [1.807, 2.05) is 41.3 Å². The SMILES string of the molecule is O=C(CCc1ccc(-c2ccccc2)cc1)N1CCC(O)(Cc2ccccn2)CC1. The Morgan fingerprint density at radius 3 is 2.23 bits per heavy atom. The van der Waals surface area contributed by atoms with Gasteiger partial charge in [-0.05, 0) is 48.1 Å². The highest BCUT2D eigenvalue weighted by Crippen LogP contribution is 2.26. The summed E-state index contributed by atoms with van der Waals surface area (Å²) >= 11 is 0. The molecule has 1 N–H and O–H groups in total. The molecule has 0 aliphatic carbocycles. The van der Waals surface area contributed by atoms with E-state index in [1.54, 1.807) is 6.20 Å². The molecule has 1 aliphatic heterocycles. The van der Waals surface area contributed by atoms with Crippen LogP contribution in [0, 0.1) is 0 Å². The zero-order chi connectivity index (χ0) is 20.8. The molecule has 0 bridgehead atoms. The molecule has 1 aliphatic rings. The molecule has 4 nitrogen and oxygen atoms in total. The van der Waals surface area contributed by atoms with Crippen LogP contribution in [0.5, 0.6) is 0 Å². The van der Waals surface area contributed by atoms with Crippen molar-refractivity contribution in [2.45, 2.75) is 37.7 Å². The number of aryl methyl sites for hydroxylation is 1.